The Morgan fingerprint density at radius 1 is 1.17 bits per heavy atom. The summed E-state index contributed by atoms with van der Waals surface area (Å²) in [5, 5.41) is 14.4. The Kier molecular flexibility index (Phi) is 4.88. The van der Waals surface area contributed by atoms with Gasteiger partial charge < -0.3 is 20.0 Å². The summed E-state index contributed by atoms with van der Waals surface area (Å²) in [6.07, 6.45) is 6.27. The van der Waals surface area contributed by atoms with Gasteiger partial charge in [0.25, 0.3) is 0 Å². The van der Waals surface area contributed by atoms with E-state index in [1.165, 1.54) is 0 Å². The highest BCUT2D eigenvalue weighted by molar-refractivity contribution is 5.85. The molecule has 1 saturated carbocycles. The summed E-state index contributed by atoms with van der Waals surface area (Å²) in [6, 6.07) is 7.67. The lowest BCUT2D eigenvalue weighted by Gasteiger charge is -2.44. The van der Waals surface area contributed by atoms with Crippen LogP contribution in [-0.4, -0.2) is 25.5 Å². The molecule has 5 nitrogen and oxygen atoms in total. The zero-order valence-corrected chi connectivity index (χ0v) is 13.7. The molecule has 1 N–H and O–H groups in total. The molecule has 2 bridgehead atoms. The Labute approximate surface area is 141 Å². The zero-order valence-electron chi connectivity index (χ0n) is 13.7. The van der Waals surface area contributed by atoms with Crippen molar-refractivity contribution in [3.8, 4) is 5.75 Å². The van der Waals surface area contributed by atoms with Crippen LogP contribution in [0.5, 0.6) is 5.75 Å². The number of aliphatic carboxylic acids is 1. The first-order valence-corrected chi connectivity index (χ1v) is 8.40. The molecule has 3 aliphatic rings. The Morgan fingerprint density at radius 3 is 2.46 bits per heavy atom. The molecule has 0 unspecified atom stereocenters. The van der Waals surface area contributed by atoms with Crippen molar-refractivity contribution < 1.29 is 19.4 Å². The molecule has 0 saturated heterocycles. The predicted molar refractivity (Wildman–Crippen MR) is 87.0 cm³/mol. The minimum absolute atomic E-state index is 0.00385. The number of ether oxygens (including phenoxy) is 1. The lowest BCUT2D eigenvalue weighted by Crippen LogP contribution is -2.52. The molecule has 3 aliphatic carbocycles. The summed E-state index contributed by atoms with van der Waals surface area (Å²) in [5.41, 5.74) is 1.02. The Bertz CT molecular complexity index is 655. The van der Waals surface area contributed by atoms with Gasteiger partial charge in [-0.25, -0.2) is 0 Å². The van der Waals surface area contributed by atoms with Gasteiger partial charge in [0.1, 0.15) is 5.75 Å². The number of para-hydroxylation sites is 1. The van der Waals surface area contributed by atoms with Crippen molar-refractivity contribution in [2.75, 3.05) is 13.7 Å². The van der Waals surface area contributed by atoms with Crippen LogP contribution in [0.3, 0.4) is 0 Å². The van der Waals surface area contributed by atoms with Crippen LogP contribution in [0.2, 0.25) is 0 Å². The standard InChI is InChI=1S/C19H23NO4/c1-24-15-5-3-2-4-12(15)10-11-20-18(21)16-13-6-8-14(9-7-13)17(16)19(22)23/h2-6,8,13-14,16-17H,7,9-11H2,1H3,(H,20,21)(H,22,23)/p-1/t13-,14+,16+,17+/m1/s1. The summed E-state index contributed by atoms with van der Waals surface area (Å²) in [7, 11) is 1.62. The van der Waals surface area contributed by atoms with Crippen LogP contribution >= 0.6 is 0 Å². The lowest BCUT2D eigenvalue weighted by molar-refractivity contribution is -0.316. The molecule has 5 heteroatoms. The van der Waals surface area contributed by atoms with E-state index in [1.807, 2.05) is 36.4 Å². The zero-order chi connectivity index (χ0) is 17.1. The molecule has 128 valence electrons. The van der Waals surface area contributed by atoms with Gasteiger partial charge in [-0.2, -0.15) is 0 Å². The molecule has 0 aromatic heterocycles. The third-order valence-corrected chi connectivity index (χ3v) is 5.21. The highest BCUT2D eigenvalue weighted by atomic mass is 16.5. The molecule has 0 radical (unpaired) electrons. The number of carboxylic acids is 1. The van der Waals surface area contributed by atoms with E-state index in [0.717, 1.165) is 24.2 Å². The normalized spacial score (nSPS) is 27.7. The monoisotopic (exact) mass is 328 g/mol. The number of amides is 1. The van der Waals surface area contributed by atoms with Gasteiger partial charge in [0.2, 0.25) is 5.91 Å². The van der Waals surface area contributed by atoms with Gasteiger partial charge in [-0.3, -0.25) is 4.79 Å². The number of benzene rings is 1. The van der Waals surface area contributed by atoms with E-state index in [4.69, 9.17) is 4.74 Å². The Morgan fingerprint density at radius 2 is 1.83 bits per heavy atom. The van der Waals surface area contributed by atoms with Crippen LogP contribution in [-0.2, 0) is 16.0 Å². The number of carbonyl (C=O) groups is 2. The third-order valence-electron chi connectivity index (χ3n) is 5.21. The first kappa shape index (κ1) is 16.6. The second kappa shape index (κ2) is 7.07. The molecule has 4 atom stereocenters. The molecular formula is C19H22NO4-. The molecule has 0 heterocycles. The van der Waals surface area contributed by atoms with Gasteiger partial charge in [0, 0.05) is 18.4 Å². The maximum absolute atomic E-state index is 12.6. The van der Waals surface area contributed by atoms with Crippen LogP contribution in [0.4, 0.5) is 0 Å². The molecule has 1 fully saturated rings. The molecule has 1 aromatic rings. The summed E-state index contributed by atoms with van der Waals surface area (Å²) in [5.74, 6) is -1.80. The molecule has 24 heavy (non-hydrogen) atoms. The first-order chi connectivity index (χ1) is 11.6. The first-order valence-electron chi connectivity index (χ1n) is 8.40. The van der Waals surface area contributed by atoms with Gasteiger partial charge in [0.05, 0.1) is 13.0 Å². The van der Waals surface area contributed by atoms with E-state index in [9.17, 15) is 14.7 Å². The number of allylic oxidation sites excluding steroid dienone is 2. The smallest absolute Gasteiger partial charge is 0.224 e. The quantitative estimate of drug-likeness (QED) is 0.788. The lowest BCUT2D eigenvalue weighted by atomic mass is 9.62. The molecule has 1 aromatic carbocycles. The number of hydrogen-bond acceptors (Lipinski definition) is 4. The second-order valence-corrected chi connectivity index (χ2v) is 6.51. The number of hydrogen-bond donors (Lipinski definition) is 1. The SMILES string of the molecule is COc1ccccc1CCNC(=O)[C@@H]1[C@@H](C(=O)[O-])[C@H]2C=C[C@@H]1CC2. The Hall–Kier alpha value is -2.30. The molecule has 0 spiro atoms. The summed E-state index contributed by atoms with van der Waals surface area (Å²) < 4.78 is 5.30. The van der Waals surface area contributed by atoms with Gasteiger partial charge in [0.15, 0.2) is 0 Å². The maximum atomic E-state index is 12.6. The van der Waals surface area contributed by atoms with Crippen LogP contribution < -0.4 is 15.2 Å². The van der Waals surface area contributed by atoms with Gasteiger partial charge in [-0.15, -0.1) is 0 Å². The fourth-order valence-corrected chi connectivity index (χ4v) is 4.02. The van der Waals surface area contributed by atoms with Crippen molar-refractivity contribution in [1.29, 1.82) is 0 Å². The topological polar surface area (TPSA) is 78.5 Å². The van der Waals surface area contributed by atoms with Crippen LogP contribution in [0.15, 0.2) is 36.4 Å². The summed E-state index contributed by atoms with van der Waals surface area (Å²) >= 11 is 0. The van der Waals surface area contributed by atoms with E-state index in [1.54, 1.807) is 7.11 Å². The van der Waals surface area contributed by atoms with Crippen molar-refractivity contribution in [3.05, 3.63) is 42.0 Å². The van der Waals surface area contributed by atoms with Crippen LogP contribution in [0.25, 0.3) is 0 Å². The third kappa shape index (κ3) is 3.16. The highest BCUT2D eigenvalue weighted by Gasteiger charge is 2.44. The average Bonchev–Trinajstić information content (AvgIpc) is 2.62. The minimum atomic E-state index is -1.11. The van der Waals surface area contributed by atoms with Crippen molar-refractivity contribution in [2.24, 2.45) is 23.7 Å². The summed E-state index contributed by atoms with van der Waals surface area (Å²) in [4.78, 5) is 24.1. The number of fused-ring (bicyclic) bond motifs is 2. The number of rotatable bonds is 6. The highest BCUT2D eigenvalue weighted by Crippen LogP contribution is 2.44. The van der Waals surface area contributed by atoms with Gasteiger partial charge >= 0.3 is 0 Å². The number of nitrogens with one attached hydrogen (secondary N) is 1. The number of methoxy groups -OCH3 is 1. The second-order valence-electron chi connectivity index (χ2n) is 6.51. The largest absolute Gasteiger partial charge is 0.550 e. The summed E-state index contributed by atoms with van der Waals surface area (Å²) in [6.45, 7) is 0.455. The Balaban J connectivity index is 1.62. The van der Waals surface area contributed by atoms with E-state index >= 15 is 0 Å². The van der Waals surface area contributed by atoms with E-state index in [-0.39, 0.29) is 17.7 Å². The van der Waals surface area contributed by atoms with Crippen molar-refractivity contribution in [1.82, 2.24) is 5.32 Å². The van der Waals surface area contributed by atoms with E-state index in [2.05, 4.69) is 5.32 Å². The number of carbonyl (C=O) groups excluding carboxylic acids is 2. The van der Waals surface area contributed by atoms with E-state index < -0.39 is 17.8 Å². The molecular weight excluding hydrogens is 306 g/mol. The minimum Gasteiger partial charge on any atom is -0.550 e. The molecule has 4 rings (SSSR count). The van der Waals surface area contributed by atoms with E-state index in [0.29, 0.717) is 13.0 Å². The fourth-order valence-electron chi connectivity index (χ4n) is 4.02. The van der Waals surface area contributed by atoms with Crippen LogP contribution in [0, 0.1) is 23.7 Å². The maximum Gasteiger partial charge on any atom is 0.224 e. The van der Waals surface area contributed by atoms with Crippen molar-refractivity contribution >= 4 is 11.9 Å². The van der Waals surface area contributed by atoms with Crippen LogP contribution in [0.1, 0.15) is 18.4 Å². The van der Waals surface area contributed by atoms with Gasteiger partial charge in [-0.05, 0) is 42.7 Å². The van der Waals surface area contributed by atoms with Crippen molar-refractivity contribution in [3.63, 3.8) is 0 Å². The van der Waals surface area contributed by atoms with Crippen molar-refractivity contribution in [2.45, 2.75) is 19.3 Å². The van der Waals surface area contributed by atoms with Gasteiger partial charge in [-0.1, -0.05) is 30.4 Å². The fraction of sp³-hybridized carbons (Fsp3) is 0.474. The number of carboxylic acid groups (broad SMARTS) is 1. The average molecular weight is 328 g/mol. The predicted octanol–water partition coefficient (Wildman–Crippen LogP) is 0.932. The molecule has 1 amide bonds. The molecule has 0 aliphatic heterocycles.